The van der Waals surface area contributed by atoms with Gasteiger partial charge in [0.15, 0.2) is 0 Å². The highest BCUT2D eigenvalue weighted by Crippen LogP contribution is 2.41. The summed E-state index contributed by atoms with van der Waals surface area (Å²) < 4.78 is 16.7. The maximum Gasteiger partial charge on any atom is 0.499 e. The van der Waals surface area contributed by atoms with Gasteiger partial charge in [-0.1, -0.05) is 32.0 Å². The molecule has 0 radical (unpaired) electrons. The number of hydrogen-bond acceptors (Lipinski definition) is 4. The lowest BCUT2D eigenvalue weighted by atomic mass is 9.94. The molecule has 0 bridgehead atoms. The van der Waals surface area contributed by atoms with Crippen LogP contribution in [-0.2, 0) is 18.1 Å². The van der Waals surface area contributed by atoms with Crippen molar-refractivity contribution in [3.05, 3.63) is 0 Å². The first kappa shape index (κ1) is 20.8. The zero-order valence-corrected chi connectivity index (χ0v) is 18.0. The van der Waals surface area contributed by atoms with Crippen LogP contribution in [0.25, 0.3) is 0 Å². The number of rotatable bonds is 8. The van der Waals surface area contributed by atoms with Gasteiger partial charge in [0, 0.05) is 47.4 Å². The van der Waals surface area contributed by atoms with Gasteiger partial charge in [-0.05, 0) is 18.4 Å². The largest absolute Gasteiger partial charge is 0.499 e. The number of carbonyl (C=O) groups is 1. The van der Waals surface area contributed by atoms with Crippen molar-refractivity contribution in [3.63, 3.8) is 0 Å². The Balaban J connectivity index is 2.69. The molecule has 2 atom stereocenters. The fourth-order valence-electron chi connectivity index (χ4n) is 3.72. The minimum Gasteiger partial charge on any atom is -0.377 e. The highest BCUT2D eigenvalue weighted by atomic mass is 28.4. The Morgan fingerprint density at radius 2 is 1.65 bits per heavy atom. The normalized spacial score (nSPS) is 22.9. The van der Waals surface area contributed by atoms with Crippen molar-refractivity contribution in [2.24, 2.45) is 0 Å². The molecule has 0 N–H and O–H groups in total. The average Bonchev–Trinajstić information content (AvgIpc) is 2.56. The first-order valence-corrected chi connectivity index (χ1v) is 13.8. The van der Waals surface area contributed by atoms with Gasteiger partial charge in [-0.25, -0.2) is 0 Å². The zero-order valence-electron chi connectivity index (χ0n) is 16.0. The van der Waals surface area contributed by atoms with E-state index in [1.807, 2.05) is 11.9 Å². The van der Waals surface area contributed by atoms with Crippen molar-refractivity contribution in [2.75, 3.05) is 28.4 Å². The molecule has 1 fully saturated rings. The number of nitrogens with zero attached hydrogens (tertiary/aromatic N) is 1. The first-order chi connectivity index (χ1) is 10.7. The summed E-state index contributed by atoms with van der Waals surface area (Å²) in [6, 6.07) is 2.45. The monoisotopic (exact) mass is 361 g/mol. The van der Waals surface area contributed by atoms with Gasteiger partial charge >= 0.3 is 8.80 Å². The van der Waals surface area contributed by atoms with Crippen LogP contribution >= 0.6 is 0 Å². The number of hydrogen-bond donors (Lipinski definition) is 0. The van der Waals surface area contributed by atoms with Crippen molar-refractivity contribution in [3.8, 4) is 0 Å². The van der Waals surface area contributed by atoms with Crippen molar-refractivity contribution >= 4 is 22.8 Å². The van der Waals surface area contributed by atoms with E-state index in [0.717, 1.165) is 30.5 Å². The van der Waals surface area contributed by atoms with E-state index < -0.39 is 16.9 Å². The van der Waals surface area contributed by atoms with Crippen LogP contribution in [0.4, 0.5) is 0 Å². The van der Waals surface area contributed by atoms with Crippen LogP contribution in [0.3, 0.4) is 0 Å². The Labute approximate surface area is 144 Å². The van der Waals surface area contributed by atoms with Crippen LogP contribution in [-0.4, -0.2) is 62.1 Å². The molecule has 5 nitrogen and oxygen atoms in total. The van der Waals surface area contributed by atoms with Crippen molar-refractivity contribution < 1.29 is 18.1 Å². The van der Waals surface area contributed by atoms with E-state index in [1.54, 1.807) is 28.3 Å². The summed E-state index contributed by atoms with van der Waals surface area (Å²) >= 11 is 0. The second-order valence-corrected chi connectivity index (χ2v) is 15.8. The van der Waals surface area contributed by atoms with E-state index in [1.165, 1.54) is 12.8 Å². The summed E-state index contributed by atoms with van der Waals surface area (Å²) in [4.78, 5) is 13.6. The SMILES string of the molecule is CO[Si](CC[Si](C)(C)C1CCCC(N(C)C(C)=O)C1)(OC)OC. The molecule has 2 unspecified atom stereocenters. The third-order valence-electron chi connectivity index (χ3n) is 5.80. The Kier molecular flexibility index (Phi) is 7.93. The summed E-state index contributed by atoms with van der Waals surface area (Å²) in [5.74, 6) is 0.180. The lowest BCUT2D eigenvalue weighted by Crippen LogP contribution is -2.47. The molecular formula is C16H35NO4Si2. The van der Waals surface area contributed by atoms with Gasteiger partial charge in [0.1, 0.15) is 0 Å². The van der Waals surface area contributed by atoms with Crippen LogP contribution in [0.15, 0.2) is 0 Å². The topological polar surface area (TPSA) is 48.0 Å². The van der Waals surface area contributed by atoms with Crippen LogP contribution in [0.5, 0.6) is 0 Å². The molecule has 0 aromatic heterocycles. The molecule has 1 rings (SSSR count). The first-order valence-electron chi connectivity index (χ1n) is 8.60. The van der Waals surface area contributed by atoms with Crippen LogP contribution in [0, 0.1) is 0 Å². The molecule has 23 heavy (non-hydrogen) atoms. The van der Waals surface area contributed by atoms with Crippen molar-refractivity contribution in [2.45, 2.75) is 69.4 Å². The van der Waals surface area contributed by atoms with Crippen LogP contribution < -0.4 is 0 Å². The molecule has 136 valence electrons. The Bertz CT molecular complexity index is 380. The quantitative estimate of drug-likeness (QED) is 0.622. The molecular weight excluding hydrogens is 326 g/mol. The fraction of sp³-hybridized carbons (Fsp3) is 0.938. The molecule has 1 amide bonds. The summed E-state index contributed by atoms with van der Waals surface area (Å²) in [7, 11) is 3.10. The van der Waals surface area contributed by atoms with Gasteiger partial charge in [-0.2, -0.15) is 0 Å². The molecule has 0 aliphatic heterocycles. The number of carbonyl (C=O) groups excluding carboxylic acids is 1. The van der Waals surface area contributed by atoms with E-state index in [9.17, 15) is 4.79 Å². The Morgan fingerprint density at radius 3 is 2.13 bits per heavy atom. The van der Waals surface area contributed by atoms with Crippen LogP contribution in [0.2, 0.25) is 30.7 Å². The summed E-state index contributed by atoms with van der Waals surface area (Å²) in [5.41, 5.74) is 0.750. The molecule has 0 heterocycles. The lowest BCUT2D eigenvalue weighted by Gasteiger charge is -2.42. The van der Waals surface area contributed by atoms with Crippen molar-refractivity contribution in [1.82, 2.24) is 4.90 Å². The van der Waals surface area contributed by atoms with Crippen molar-refractivity contribution in [1.29, 1.82) is 0 Å². The minimum absolute atomic E-state index is 0.180. The molecule has 1 aliphatic rings. The van der Waals surface area contributed by atoms with Gasteiger partial charge in [-0.15, -0.1) is 0 Å². The number of amides is 1. The average molecular weight is 362 g/mol. The molecule has 0 aromatic carbocycles. The highest BCUT2D eigenvalue weighted by Gasteiger charge is 2.43. The third-order valence-corrected chi connectivity index (χ3v) is 13.3. The summed E-state index contributed by atoms with van der Waals surface area (Å²) in [5, 5.41) is 0. The minimum atomic E-state index is -2.48. The highest BCUT2D eigenvalue weighted by molar-refractivity contribution is 6.80. The van der Waals surface area contributed by atoms with Crippen LogP contribution in [0.1, 0.15) is 32.6 Å². The molecule has 7 heteroatoms. The standard InChI is InChI=1S/C16H35NO4Si2/c1-14(18)17(2)15-9-8-10-16(13-15)22(6,7)11-12-23(19-3,20-4)21-5/h15-16H,8-13H2,1-7H3. The molecule has 0 saturated heterocycles. The van der Waals surface area contributed by atoms with E-state index in [0.29, 0.717) is 6.04 Å². The van der Waals surface area contributed by atoms with Gasteiger partial charge in [0.2, 0.25) is 5.91 Å². The summed E-state index contributed by atoms with van der Waals surface area (Å²) in [6.45, 7) is 6.60. The predicted molar refractivity (Wildman–Crippen MR) is 98.3 cm³/mol. The second kappa shape index (κ2) is 8.76. The van der Waals surface area contributed by atoms with Gasteiger partial charge < -0.3 is 18.2 Å². The van der Waals surface area contributed by atoms with E-state index >= 15 is 0 Å². The third kappa shape index (κ3) is 5.39. The predicted octanol–water partition coefficient (Wildman–Crippen LogP) is 3.36. The second-order valence-electron chi connectivity index (χ2n) is 7.43. The Morgan fingerprint density at radius 1 is 1.09 bits per heavy atom. The maximum absolute atomic E-state index is 11.7. The van der Waals surface area contributed by atoms with E-state index in [-0.39, 0.29) is 5.91 Å². The van der Waals surface area contributed by atoms with Gasteiger partial charge in [0.05, 0.1) is 8.07 Å². The Hall–Kier alpha value is -0.216. The van der Waals surface area contributed by atoms with E-state index in [2.05, 4.69) is 13.1 Å². The fourth-order valence-corrected chi connectivity index (χ4v) is 10.9. The van der Waals surface area contributed by atoms with Gasteiger partial charge in [0.25, 0.3) is 0 Å². The van der Waals surface area contributed by atoms with Gasteiger partial charge in [-0.3, -0.25) is 4.79 Å². The zero-order chi connectivity index (χ0) is 17.7. The molecule has 1 saturated carbocycles. The molecule has 0 spiro atoms. The molecule has 0 aromatic rings. The van der Waals surface area contributed by atoms with E-state index in [4.69, 9.17) is 13.3 Å². The summed E-state index contributed by atoms with van der Waals surface area (Å²) in [6.07, 6.45) is 4.81. The molecule has 1 aliphatic carbocycles. The lowest BCUT2D eigenvalue weighted by molar-refractivity contribution is -0.130. The smallest absolute Gasteiger partial charge is 0.377 e. The maximum atomic E-state index is 11.7.